The van der Waals surface area contributed by atoms with Crippen LogP contribution in [0.15, 0.2) is 22.7 Å². The zero-order valence-corrected chi connectivity index (χ0v) is 12.1. The van der Waals surface area contributed by atoms with Gasteiger partial charge in [0.15, 0.2) is 0 Å². The third kappa shape index (κ3) is 3.76. The van der Waals surface area contributed by atoms with Gasteiger partial charge in [0.25, 0.3) is 0 Å². The third-order valence-corrected chi connectivity index (χ3v) is 4.30. The number of hydrogen-bond acceptors (Lipinski definition) is 2. The Kier molecular flexibility index (Phi) is 4.93. The molecule has 0 atom stereocenters. The molecule has 5 heteroatoms. The number of rotatable bonds is 4. The Hall–Kier alpha value is -0.940. The van der Waals surface area contributed by atoms with Crippen LogP contribution in [0, 0.1) is 11.7 Å². The van der Waals surface area contributed by atoms with E-state index in [1.54, 1.807) is 12.1 Å². The Morgan fingerprint density at radius 1 is 1.37 bits per heavy atom. The summed E-state index contributed by atoms with van der Waals surface area (Å²) >= 11 is 3.17. The van der Waals surface area contributed by atoms with Gasteiger partial charge in [0.2, 0.25) is 0 Å². The van der Waals surface area contributed by atoms with E-state index in [1.165, 1.54) is 0 Å². The molecule has 0 aliphatic heterocycles. The van der Waals surface area contributed by atoms with Crippen molar-refractivity contribution in [3.05, 3.63) is 34.1 Å². The van der Waals surface area contributed by atoms with E-state index in [-0.39, 0.29) is 17.8 Å². The van der Waals surface area contributed by atoms with Crippen LogP contribution in [-0.4, -0.2) is 17.1 Å². The summed E-state index contributed by atoms with van der Waals surface area (Å²) in [5.41, 5.74) is 0.634. The van der Waals surface area contributed by atoms with E-state index in [4.69, 9.17) is 5.11 Å². The van der Waals surface area contributed by atoms with Crippen LogP contribution in [0.5, 0.6) is 0 Å². The molecule has 2 N–H and O–H groups in total. The van der Waals surface area contributed by atoms with Crippen LogP contribution >= 0.6 is 15.9 Å². The molecule has 1 aromatic carbocycles. The van der Waals surface area contributed by atoms with Gasteiger partial charge >= 0.3 is 5.97 Å². The van der Waals surface area contributed by atoms with Gasteiger partial charge in [-0.2, -0.15) is 0 Å². The Morgan fingerprint density at radius 2 is 2.05 bits per heavy atom. The Balaban J connectivity index is 1.84. The molecule has 19 heavy (non-hydrogen) atoms. The average Bonchev–Trinajstić information content (AvgIpc) is 2.41. The van der Waals surface area contributed by atoms with Gasteiger partial charge in [-0.15, -0.1) is 0 Å². The first-order valence-electron chi connectivity index (χ1n) is 6.47. The number of carboxylic acids is 1. The largest absolute Gasteiger partial charge is 0.481 e. The Morgan fingerprint density at radius 3 is 2.68 bits per heavy atom. The zero-order chi connectivity index (χ0) is 13.8. The lowest BCUT2D eigenvalue weighted by atomic mass is 9.86. The lowest BCUT2D eigenvalue weighted by Crippen LogP contribution is -2.34. The summed E-state index contributed by atoms with van der Waals surface area (Å²) in [7, 11) is 0. The SMILES string of the molecule is O=C(O)C1CCC(NCc2cccc(Br)c2F)CC1. The fourth-order valence-electron chi connectivity index (χ4n) is 2.48. The van der Waals surface area contributed by atoms with Crippen LogP contribution in [0.25, 0.3) is 0 Å². The molecule has 0 bridgehead atoms. The predicted octanol–water partition coefficient (Wildman–Crippen LogP) is 3.32. The first-order valence-corrected chi connectivity index (χ1v) is 7.26. The van der Waals surface area contributed by atoms with Crippen molar-refractivity contribution in [1.82, 2.24) is 5.32 Å². The molecule has 1 aliphatic carbocycles. The van der Waals surface area contributed by atoms with E-state index in [1.807, 2.05) is 6.07 Å². The number of carbonyl (C=O) groups is 1. The van der Waals surface area contributed by atoms with Gasteiger partial charge in [0.05, 0.1) is 10.4 Å². The number of hydrogen-bond donors (Lipinski definition) is 2. The van der Waals surface area contributed by atoms with Crippen molar-refractivity contribution in [2.24, 2.45) is 5.92 Å². The quantitative estimate of drug-likeness (QED) is 0.890. The molecule has 0 unspecified atom stereocenters. The van der Waals surface area contributed by atoms with Gasteiger partial charge in [-0.25, -0.2) is 4.39 Å². The van der Waals surface area contributed by atoms with Gasteiger partial charge in [0, 0.05) is 18.2 Å². The standard InChI is InChI=1S/C14H17BrFNO2/c15-12-3-1-2-10(13(12)16)8-17-11-6-4-9(5-7-11)14(18)19/h1-3,9,11,17H,4-8H2,(H,18,19). The van der Waals surface area contributed by atoms with Gasteiger partial charge < -0.3 is 10.4 Å². The monoisotopic (exact) mass is 329 g/mol. The highest BCUT2D eigenvalue weighted by Gasteiger charge is 2.25. The van der Waals surface area contributed by atoms with Crippen molar-refractivity contribution in [3.8, 4) is 0 Å². The highest BCUT2D eigenvalue weighted by Crippen LogP contribution is 2.25. The molecular weight excluding hydrogens is 313 g/mol. The summed E-state index contributed by atoms with van der Waals surface area (Å²) in [6.07, 6.45) is 3.08. The number of aliphatic carboxylic acids is 1. The average molecular weight is 330 g/mol. The minimum absolute atomic E-state index is 0.208. The topological polar surface area (TPSA) is 49.3 Å². The van der Waals surface area contributed by atoms with Crippen LogP contribution in [0.4, 0.5) is 4.39 Å². The summed E-state index contributed by atoms with van der Waals surface area (Å²) in [4.78, 5) is 10.8. The van der Waals surface area contributed by atoms with Crippen molar-refractivity contribution in [2.75, 3.05) is 0 Å². The second-order valence-electron chi connectivity index (χ2n) is 4.98. The second kappa shape index (κ2) is 6.48. The molecule has 0 spiro atoms. The normalized spacial score (nSPS) is 23.3. The maximum absolute atomic E-state index is 13.8. The predicted molar refractivity (Wildman–Crippen MR) is 74.3 cm³/mol. The van der Waals surface area contributed by atoms with Crippen molar-refractivity contribution in [1.29, 1.82) is 0 Å². The van der Waals surface area contributed by atoms with E-state index in [2.05, 4.69) is 21.2 Å². The first-order chi connectivity index (χ1) is 9.08. The molecule has 1 saturated carbocycles. The maximum Gasteiger partial charge on any atom is 0.306 e. The molecule has 0 amide bonds. The van der Waals surface area contributed by atoms with Crippen molar-refractivity contribution in [3.63, 3.8) is 0 Å². The maximum atomic E-state index is 13.8. The molecule has 0 saturated heterocycles. The van der Waals surface area contributed by atoms with Crippen molar-refractivity contribution >= 4 is 21.9 Å². The summed E-state index contributed by atoms with van der Waals surface area (Å²) < 4.78 is 14.2. The minimum atomic E-state index is -0.698. The molecule has 2 rings (SSSR count). The molecule has 0 radical (unpaired) electrons. The Bertz CT molecular complexity index is 459. The Labute approximate surface area is 120 Å². The minimum Gasteiger partial charge on any atom is -0.481 e. The molecule has 104 valence electrons. The molecule has 0 aromatic heterocycles. The van der Waals surface area contributed by atoms with Crippen LogP contribution in [0.3, 0.4) is 0 Å². The highest BCUT2D eigenvalue weighted by molar-refractivity contribution is 9.10. The zero-order valence-electron chi connectivity index (χ0n) is 10.5. The highest BCUT2D eigenvalue weighted by atomic mass is 79.9. The molecule has 1 aromatic rings. The second-order valence-corrected chi connectivity index (χ2v) is 5.83. The van der Waals surface area contributed by atoms with Gasteiger partial charge in [-0.1, -0.05) is 12.1 Å². The number of carboxylic acid groups (broad SMARTS) is 1. The number of halogens is 2. The number of benzene rings is 1. The van der Waals surface area contributed by atoms with Crippen LogP contribution in [0.2, 0.25) is 0 Å². The number of nitrogens with one attached hydrogen (secondary N) is 1. The molecule has 3 nitrogen and oxygen atoms in total. The van der Waals surface area contributed by atoms with E-state index >= 15 is 0 Å². The molecular formula is C14H17BrFNO2. The lowest BCUT2D eigenvalue weighted by molar-refractivity contribution is -0.142. The summed E-state index contributed by atoms with van der Waals surface area (Å²) in [6.45, 7) is 0.480. The van der Waals surface area contributed by atoms with Gasteiger partial charge in [0.1, 0.15) is 5.82 Å². The molecule has 0 heterocycles. The van der Waals surface area contributed by atoms with E-state index < -0.39 is 5.97 Å². The van der Waals surface area contributed by atoms with Crippen LogP contribution in [0.1, 0.15) is 31.2 Å². The van der Waals surface area contributed by atoms with Crippen LogP contribution in [-0.2, 0) is 11.3 Å². The lowest BCUT2D eigenvalue weighted by Gasteiger charge is -2.27. The summed E-state index contributed by atoms with van der Waals surface area (Å²) in [6, 6.07) is 5.53. The summed E-state index contributed by atoms with van der Waals surface area (Å²) in [5.74, 6) is -1.13. The fraction of sp³-hybridized carbons (Fsp3) is 0.500. The van der Waals surface area contributed by atoms with Gasteiger partial charge in [-0.3, -0.25) is 4.79 Å². The van der Waals surface area contributed by atoms with Crippen molar-refractivity contribution in [2.45, 2.75) is 38.3 Å². The van der Waals surface area contributed by atoms with Crippen LogP contribution < -0.4 is 5.32 Å². The summed E-state index contributed by atoms with van der Waals surface area (Å²) in [5, 5.41) is 12.2. The van der Waals surface area contributed by atoms with Crippen molar-refractivity contribution < 1.29 is 14.3 Å². The van der Waals surface area contributed by atoms with E-state index in [9.17, 15) is 9.18 Å². The van der Waals surface area contributed by atoms with E-state index in [0.29, 0.717) is 29.4 Å². The third-order valence-electron chi connectivity index (χ3n) is 3.69. The van der Waals surface area contributed by atoms with Gasteiger partial charge in [-0.05, 0) is 47.7 Å². The molecule has 1 fully saturated rings. The fourth-order valence-corrected chi connectivity index (χ4v) is 2.89. The first kappa shape index (κ1) is 14.5. The molecule has 1 aliphatic rings. The smallest absolute Gasteiger partial charge is 0.306 e. The van der Waals surface area contributed by atoms with E-state index in [0.717, 1.165) is 12.8 Å².